The molecule has 0 atom stereocenters. The van der Waals surface area contributed by atoms with E-state index in [1.165, 1.54) is 49.0 Å². The van der Waals surface area contributed by atoms with Gasteiger partial charge in [0.1, 0.15) is 0 Å². The van der Waals surface area contributed by atoms with E-state index in [0.29, 0.717) is 17.5 Å². The van der Waals surface area contributed by atoms with Gasteiger partial charge in [-0.2, -0.15) is 0 Å². The highest BCUT2D eigenvalue weighted by Crippen LogP contribution is 2.43. The van der Waals surface area contributed by atoms with E-state index in [9.17, 15) is 0 Å². The van der Waals surface area contributed by atoms with Gasteiger partial charge >= 0.3 is 0 Å². The summed E-state index contributed by atoms with van der Waals surface area (Å²) in [7, 11) is 0. The normalized spacial score (nSPS) is 11.9. The SMILES string of the molecule is c1ccc(-c2ccc(-c3nc(-c4ccccc4)nc(-c4ccc5c(c4)c4ccccc4n5-c4cccc5c4c4cccc6c7ccccc7n5c64)n3)cc2)cc1. The van der Waals surface area contributed by atoms with Gasteiger partial charge in [0.15, 0.2) is 17.5 Å². The number of aromatic nitrogens is 5. The van der Waals surface area contributed by atoms with Gasteiger partial charge in [0.25, 0.3) is 0 Å². The van der Waals surface area contributed by atoms with Gasteiger partial charge in [-0.25, -0.2) is 15.0 Å². The van der Waals surface area contributed by atoms with E-state index in [1.54, 1.807) is 0 Å². The average Bonchev–Trinajstić information content (AvgIpc) is 3.92. The lowest BCUT2D eigenvalue weighted by molar-refractivity contribution is 1.07. The van der Waals surface area contributed by atoms with Crippen molar-refractivity contribution < 1.29 is 0 Å². The minimum atomic E-state index is 0.637. The van der Waals surface area contributed by atoms with Crippen molar-refractivity contribution in [3.05, 3.63) is 188 Å². The monoisotopic (exact) mass is 713 g/mol. The van der Waals surface area contributed by atoms with Crippen LogP contribution in [0.5, 0.6) is 0 Å². The lowest BCUT2D eigenvalue weighted by Gasteiger charge is -2.11. The first-order chi connectivity index (χ1) is 27.8. The van der Waals surface area contributed by atoms with Crippen molar-refractivity contribution in [1.82, 2.24) is 23.9 Å². The van der Waals surface area contributed by atoms with E-state index in [1.807, 2.05) is 24.3 Å². The van der Waals surface area contributed by atoms with Crippen molar-refractivity contribution in [2.75, 3.05) is 0 Å². The van der Waals surface area contributed by atoms with E-state index in [0.717, 1.165) is 44.4 Å². The van der Waals surface area contributed by atoms with Crippen molar-refractivity contribution in [3.8, 4) is 51.0 Å². The third-order valence-electron chi connectivity index (χ3n) is 11.3. The highest BCUT2D eigenvalue weighted by molar-refractivity contribution is 6.25. The van der Waals surface area contributed by atoms with Gasteiger partial charge in [-0.15, -0.1) is 0 Å². The molecule has 0 aliphatic carbocycles. The van der Waals surface area contributed by atoms with E-state index < -0.39 is 0 Å². The first kappa shape index (κ1) is 30.8. The van der Waals surface area contributed by atoms with Crippen molar-refractivity contribution >= 4 is 59.9 Å². The largest absolute Gasteiger partial charge is 0.309 e. The highest BCUT2D eigenvalue weighted by Gasteiger charge is 2.22. The molecule has 0 saturated carbocycles. The van der Waals surface area contributed by atoms with E-state index in [2.05, 4.69) is 173 Å². The summed E-state index contributed by atoms with van der Waals surface area (Å²) in [6, 6.07) is 66.6. The number of fused-ring (bicyclic) bond motifs is 9. The Bertz CT molecular complexity index is 3450. The molecule has 0 bridgehead atoms. The number of para-hydroxylation sites is 3. The molecular weight excluding hydrogens is 683 g/mol. The summed E-state index contributed by atoms with van der Waals surface area (Å²) >= 11 is 0. The fourth-order valence-electron chi connectivity index (χ4n) is 8.81. The highest BCUT2D eigenvalue weighted by atomic mass is 15.0. The molecular formula is C51H31N5. The summed E-state index contributed by atoms with van der Waals surface area (Å²) in [5, 5.41) is 7.40. The second-order valence-corrected chi connectivity index (χ2v) is 14.4. The fourth-order valence-corrected chi connectivity index (χ4v) is 8.81. The molecule has 0 radical (unpaired) electrons. The summed E-state index contributed by atoms with van der Waals surface area (Å²) in [5.41, 5.74) is 12.3. The van der Waals surface area contributed by atoms with Crippen LogP contribution in [0, 0.1) is 0 Å². The summed E-state index contributed by atoms with van der Waals surface area (Å²) in [4.78, 5) is 15.2. The lowest BCUT2D eigenvalue weighted by Crippen LogP contribution is -2.00. The molecule has 4 heterocycles. The Kier molecular flexibility index (Phi) is 6.56. The van der Waals surface area contributed by atoms with Crippen LogP contribution in [0.3, 0.4) is 0 Å². The Morgan fingerprint density at radius 3 is 1.54 bits per heavy atom. The van der Waals surface area contributed by atoms with Crippen LogP contribution in [-0.4, -0.2) is 23.9 Å². The maximum atomic E-state index is 5.13. The first-order valence-electron chi connectivity index (χ1n) is 19.0. The standard InChI is InChI=1S/C51H31N5/c1-3-13-32(14-4-1)33-25-27-35(28-26-33)50-52-49(34-15-5-2-6-16-34)53-51(54-50)36-29-30-44-41(31-36)38-18-8-9-21-42(38)55(44)45-23-12-24-46-47(45)40-20-11-19-39-37-17-7-10-22-43(37)56(46)48(39)40/h1-31H. The molecule has 260 valence electrons. The van der Waals surface area contributed by atoms with Gasteiger partial charge in [0.2, 0.25) is 0 Å². The van der Waals surface area contributed by atoms with E-state index >= 15 is 0 Å². The van der Waals surface area contributed by atoms with Crippen LogP contribution in [0.2, 0.25) is 0 Å². The van der Waals surface area contributed by atoms with Crippen molar-refractivity contribution in [2.45, 2.75) is 0 Å². The maximum absolute atomic E-state index is 5.13. The number of hydrogen-bond donors (Lipinski definition) is 0. The third-order valence-corrected chi connectivity index (χ3v) is 11.3. The van der Waals surface area contributed by atoms with Gasteiger partial charge in [-0.05, 0) is 53.6 Å². The Labute approximate surface area is 321 Å². The number of hydrogen-bond acceptors (Lipinski definition) is 3. The summed E-state index contributed by atoms with van der Waals surface area (Å²) < 4.78 is 4.88. The van der Waals surface area contributed by atoms with Gasteiger partial charge in [-0.1, -0.05) is 146 Å². The molecule has 0 saturated heterocycles. The molecule has 0 N–H and O–H groups in total. The average molecular weight is 714 g/mol. The minimum Gasteiger partial charge on any atom is -0.309 e. The number of nitrogens with zero attached hydrogens (tertiary/aromatic N) is 5. The Morgan fingerprint density at radius 2 is 0.786 bits per heavy atom. The molecule has 56 heavy (non-hydrogen) atoms. The second-order valence-electron chi connectivity index (χ2n) is 14.4. The maximum Gasteiger partial charge on any atom is 0.164 e. The van der Waals surface area contributed by atoms with Crippen LogP contribution >= 0.6 is 0 Å². The fraction of sp³-hybridized carbons (Fsp3) is 0. The van der Waals surface area contributed by atoms with E-state index in [-0.39, 0.29) is 0 Å². The Morgan fingerprint density at radius 1 is 0.304 bits per heavy atom. The molecule has 5 heteroatoms. The summed E-state index contributed by atoms with van der Waals surface area (Å²) in [5.74, 6) is 1.92. The Hall–Kier alpha value is -7.63. The molecule has 0 aliphatic rings. The lowest BCUT2D eigenvalue weighted by atomic mass is 10.0. The number of rotatable bonds is 5. The minimum absolute atomic E-state index is 0.637. The molecule has 5 nitrogen and oxygen atoms in total. The van der Waals surface area contributed by atoms with Crippen molar-refractivity contribution in [2.24, 2.45) is 0 Å². The van der Waals surface area contributed by atoms with E-state index in [4.69, 9.17) is 15.0 Å². The van der Waals surface area contributed by atoms with Crippen molar-refractivity contribution in [1.29, 1.82) is 0 Å². The summed E-state index contributed by atoms with van der Waals surface area (Å²) in [6.45, 7) is 0. The van der Waals surface area contributed by atoms with Crippen LogP contribution in [-0.2, 0) is 0 Å². The van der Waals surface area contributed by atoms with Crippen LogP contribution in [0.1, 0.15) is 0 Å². The zero-order valence-corrected chi connectivity index (χ0v) is 30.1. The molecule has 8 aromatic carbocycles. The second kappa shape index (κ2) is 11.9. The first-order valence-corrected chi connectivity index (χ1v) is 19.0. The van der Waals surface area contributed by atoms with Gasteiger partial charge in [0.05, 0.1) is 33.3 Å². The smallest absolute Gasteiger partial charge is 0.164 e. The molecule has 4 aromatic heterocycles. The van der Waals surface area contributed by atoms with Crippen LogP contribution in [0.15, 0.2) is 188 Å². The van der Waals surface area contributed by atoms with Gasteiger partial charge in [0, 0.05) is 49.0 Å². The van der Waals surface area contributed by atoms with Crippen LogP contribution in [0.4, 0.5) is 0 Å². The van der Waals surface area contributed by atoms with Crippen LogP contribution < -0.4 is 0 Å². The predicted octanol–water partition coefficient (Wildman–Crippen LogP) is 12.8. The zero-order valence-electron chi connectivity index (χ0n) is 30.1. The molecule has 0 spiro atoms. The molecule has 12 rings (SSSR count). The molecule has 0 unspecified atom stereocenters. The third kappa shape index (κ3) is 4.52. The summed E-state index contributed by atoms with van der Waals surface area (Å²) in [6.07, 6.45) is 0. The molecule has 0 amide bonds. The van der Waals surface area contributed by atoms with Crippen LogP contribution in [0.25, 0.3) is 111 Å². The van der Waals surface area contributed by atoms with Gasteiger partial charge in [-0.3, -0.25) is 0 Å². The van der Waals surface area contributed by atoms with Gasteiger partial charge < -0.3 is 8.97 Å². The molecule has 0 fully saturated rings. The molecule has 12 aromatic rings. The topological polar surface area (TPSA) is 48.0 Å². The number of benzene rings is 8. The zero-order chi connectivity index (χ0) is 36.7. The van der Waals surface area contributed by atoms with Crippen molar-refractivity contribution in [3.63, 3.8) is 0 Å². The predicted molar refractivity (Wildman–Crippen MR) is 231 cm³/mol. The molecule has 0 aliphatic heterocycles. The quantitative estimate of drug-likeness (QED) is 0.178. The Balaban J connectivity index is 1.06.